The second kappa shape index (κ2) is 5.02. The molecule has 3 heteroatoms. The third kappa shape index (κ3) is 3.28. The molecule has 64 valence electrons. The van der Waals surface area contributed by atoms with E-state index in [1.54, 1.807) is 6.26 Å². The minimum Gasteiger partial charge on any atom is -0.462 e. The summed E-state index contributed by atoms with van der Waals surface area (Å²) in [6, 6.07) is 0. The van der Waals surface area contributed by atoms with Gasteiger partial charge in [0.25, 0.3) is 0 Å². The number of rotatable bonds is 5. The topological polar surface area (TPSA) is 27.7 Å². The first-order valence-electron chi connectivity index (χ1n) is 3.94. The van der Waals surface area contributed by atoms with Crippen LogP contribution in [0.15, 0.2) is 12.0 Å². The zero-order valence-corrected chi connectivity index (χ0v) is 6.84. The van der Waals surface area contributed by atoms with Gasteiger partial charge in [0.2, 0.25) is 6.79 Å². The van der Waals surface area contributed by atoms with E-state index in [2.05, 4.69) is 6.92 Å². The lowest BCUT2D eigenvalue weighted by atomic mass is 10.4. The van der Waals surface area contributed by atoms with Gasteiger partial charge in [-0.1, -0.05) is 13.3 Å². The third-order valence-electron chi connectivity index (χ3n) is 1.41. The van der Waals surface area contributed by atoms with Gasteiger partial charge in [0, 0.05) is 6.61 Å². The van der Waals surface area contributed by atoms with Gasteiger partial charge in [-0.3, -0.25) is 0 Å². The molecular formula is C8H14O3. The van der Waals surface area contributed by atoms with Crippen LogP contribution in [0.2, 0.25) is 0 Å². The first-order valence-corrected chi connectivity index (χ1v) is 3.94. The highest BCUT2D eigenvalue weighted by Crippen LogP contribution is 2.06. The van der Waals surface area contributed by atoms with Crippen molar-refractivity contribution in [2.75, 3.05) is 20.0 Å². The van der Waals surface area contributed by atoms with Crippen molar-refractivity contribution in [2.24, 2.45) is 0 Å². The average Bonchev–Trinajstić information content (AvgIpc) is 2.50. The Kier molecular flexibility index (Phi) is 3.83. The first kappa shape index (κ1) is 8.40. The molecule has 0 N–H and O–H groups in total. The summed E-state index contributed by atoms with van der Waals surface area (Å²) in [6.45, 7) is 3.82. The van der Waals surface area contributed by atoms with Gasteiger partial charge in [0.15, 0.2) is 5.76 Å². The molecule has 0 saturated heterocycles. The average molecular weight is 158 g/mol. The monoisotopic (exact) mass is 158 g/mol. The lowest BCUT2D eigenvalue weighted by molar-refractivity contribution is 0.0537. The molecule has 0 atom stereocenters. The maximum absolute atomic E-state index is 5.28. The smallest absolute Gasteiger partial charge is 0.229 e. The van der Waals surface area contributed by atoms with E-state index in [-0.39, 0.29) is 0 Å². The van der Waals surface area contributed by atoms with Gasteiger partial charge < -0.3 is 14.2 Å². The van der Waals surface area contributed by atoms with Crippen LogP contribution in [0.3, 0.4) is 0 Å². The molecule has 0 fully saturated rings. The Labute approximate surface area is 66.9 Å². The minimum atomic E-state index is 0.340. The predicted octanol–water partition coefficient (Wildman–Crippen LogP) is 1.65. The summed E-state index contributed by atoms with van der Waals surface area (Å²) in [5, 5.41) is 0. The molecule has 1 heterocycles. The number of hydrogen-bond acceptors (Lipinski definition) is 3. The van der Waals surface area contributed by atoms with Crippen LogP contribution in [0.4, 0.5) is 0 Å². The van der Waals surface area contributed by atoms with Crippen LogP contribution < -0.4 is 0 Å². The van der Waals surface area contributed by atoms with E-state index in [4.69, 9.17) is 14.2 Å². The third-order valence-corrected chi connectivity index (χ3v) is 1.41. The van der Waals surface area contributed by atoms with Crippen LogP contribution in [0.5, 0.6) is 0 Å². The van der Waals surface area contributed by atoms with Crippen molar-refractivity contribution >= 4 is 0 Å². The summed E-state index contributed by atoms with van der Waals surface area (Å²) < 4.78 is 15.2. The van der Waals surface area contributed by atoms with Crippen molar-refractivity contribution in [2.45, 2.75) is 19.8 Å². The summed E-state index contributed by atoms with van der Waals surface area (Å²) in [5.41, 5.74) is 0. The van der Waals surface area contributed by atoms with E-state index in [0.29, 0.717) is 13.4 Å². The van der Waals surface area contributed by atoms with Crippen LogP contribution in [-0.4, -0.2) is 20.0 Å². The molecule has 0 spiro atoms. The Morgan fingerprint density at radius 1 is 1.64 bits per heavy atom. The van der Waals surface area contributed by atoms with Crippen LogP contribution in [-0.2, 0) is 14.2 Å². The van der Waals surface area contributed by atoms with Crippen LogP contribution in [0, 0.1) is 0 Å². The van der Waals surface area contributed by atoms with Gasteiger partial charge in [0.05, 0.1) is 0 Å². The highest BCUT2D eigenvalue weighted by Gasteiger charge is 2.04. The Balaban J connectivity index is 1.94. The highest BCUT2D eigenvalue weighted by molar-refractivity contribution is 4.89. The number of unbranched alkanes of at least 4 members (excludes halogenated alkanes) is 1. The fourth-order valence-corrected chi connectivity index (χ4v) is 0.766. The Morgan fingerprint density at radius 2 is 2.55 bits per heavy atom. The Bertz CT molecular complexity index is 131. The lowest BCUT2D eigenvalue weighted by Crippen LogP contribution is -2.00. The molecule has 1 rings (SSSR count). The molecule has 0 aromatic rings. The van der Waals surface area contributed by atoms with E-state index < -0.39 is 0 Å². The predicted molar refractivity (Wildman–Crippen MR) is 40.8 cm³/mol. The van der Waals surface area contributed by atoms with Crippen molar-refractivity contribution in [3.8, 4) is 0 Å². The molecule has 1 aliphatic rings. The largest absolute Gasteiger partial charge is 0.462 e. The van der Waals surface area contributed by atoms with Crippen LogP contribution in [0.1, 0.15) is 19.8 Å². The Morgan fingerprint density at radius 3 is 3.18 bits per heavy atom. The molecule has 0 saturated carbocycles. The van der Waals surface area contributed by atoms with Crippen molar-refractivity contribution in [1.82, 2.24) is 0 Å². The fraction of sp³-hybridized carbons (Fsp3) is 0.750. The van der Waals surface area contributed by atoms with Crippen molar-refractivity contribution in [3.63, 3.8) is 0 Å². The normalized spacial score (nSPS) is 15.5. The van der Waals surface area contributed by atoms with Crippen molar-refractivity contribution in [3.05, 3.63) is 12.0 Å². The zero-order chi connectivity index (χ0) is 7.94. The standard InChI is InChI=1S/C8H14O3/c1-2-3-4-9-5-8-6-10-7-11-8/h6H,2-5,7H2,1H3. The molecule has 0 bridgehead atoms. The van der Waals surface area contributed by atoms with Gasteiger partial charge in [-0.15, -0.1) is 0 Å². The maximum Gasteiger partial charge on any atom is 0.229 e. The summed E-state index contributed by atoms with van der Waals surface area (Å²) in [7, 11) is 0. The van der Waals surface area contributed by atoms with Crippen molar-refractivity contribution < 1.29 is 14.2 Å². The van der Waals surface area contributed by atoms with E-state index in [1.165, 1.54) is 0 Å². The fourth-order valence-electron chi connectivity index (χ4n) is 0.766. The zero-order valence-electron chi connectivity index (χ0n) is 6.84. The van der Waals surface area contributed by atoms with E-state index in [1.807, 2.05) is 0 Å². The van der Waals surface area contributed by atoms with E-state index in [0.717, 1.165) is 25.2 Å². The number of hydrogen-bond donors (Lipinski definition) is 0. The van der Waals surface area contributed by atoms with Crippen molar-refractivity contribution in [1.29, 1.82) is 0 Å². The SMILES string of the molecule is CCCCOCC1=COCO1. The lowest BCUT2D eigenvalue weighted by Gasteiger charge is -2.01. The van der Waals surface area contributed by atoms with Gasteiger partial charge in [-0.25, -0.2) is 0 Å². The molecule has 0 unspecified atom stereocenters. The molecular weight excluding hydrogens is 144 g/mol. The molecule has 0 radical (unpaired) electrons. The van der Waals surface area contributed by atoms with Gasteiger partial charge in [0.1, 0.15) is 12.9 Å². The van der Waals surface area contributed by atoms with E-state index in [9.17, 15) is 0 Å². The molecule has 0 aromatic carbocycles. The quantitative estimate of drug-likeness (QED) is 0.569. The summed E-state index contributed by atoms with van der Waals surface area (Å²) in [6.07, 6.45) is 3.87. The minimum absolute atomic E-state index is 0.340. The summed E-state index contributed by atoms with van der Waals surface area (Å²) in [5.74, 6) is 0.793. The van der Waals surface area contributed by atoms with E-state index >= 15 is 0 Å². The Hall–Kier alpha value is -0.700. The molecule has 1 aliphatic heterocycles. The molecule has 0 aromatic heterocycles. The van der Waals surface area contributed by atoms with Gasteiger partial charge >= 0.3 is 0 Å². The molecule has 3 nitrogen and oxygen atoms in total. The van der Waals surface area contributed by atoms with Crippen LogP contribution >= 0.6 is 0 Å². The molecule has 0 aliphatic carbocycles. The summed E-state index contributed by atoms with van der Waals surface area (Å²) >= 11 is 0. The summed E-state index contributed by atoms with van der Waals surface area (Å²) in [4.78, 5) is 0. The second-order valence-corrected chi connectivity index (χ2v) is 2.42. The second-order valence-electron chi connectivity index (χ2n) is 2.42. The first-order chi connectivity index (χ1) is 5.43. The van der Waals surface area contributed by atoms with Gasteiger partial charge in [-0.2, -0.15) is 0 Å². The number of ether oxygens (including phenoxy) is 3. The molecule has 11 heavy (non-hydrogen) atoms. The van der Waals surface area contributed by atoms with Crippen LogP contribution in [0.25, 0.3) is 0 Å². The maximum atomic E-state index is 5.28. The molecule has 0 amide bonds. The highest BCUT2D eigenvalue weighted by atomic mass is 16.7. The van der Waals surface area contributed by atoms with Gasteiger partial charge in [-0.05, 0) is 6.42 Å².